The Hall–Kier alpha value is -1.46. The number of rotatable bonds is 3. The van der Waals surface area contributed by atoms with Crippen LogP contribution in [0.2, 0.25) is 0 Å². The first-order chi connectivity index (χ1) is 10.2. The molecule has 0 amide bonds. The average molecular weight is 365 g/mol. The molecule has 0 atom stereocenters. The van der Waals surface area contributed by atoms with E-state index >= 15 is 0 Å². The lowest BCUT2D eigenvalue weighted by atomic mass is 10.0. The molecule has 0 radical (unpaired) electrons. The fraction of sp³-hybridized carbons (Fsp3) is 0.188. The second-order valence-electron chi connectivity index (χ2n) is 4.53. The van der Waals surface area contributed by atoms with Crippen LogP contribution in [0, 0.1) is 0 Å². The molecular formula is C16H13BrO3S. The summed E-state index contributed by atoms with van der Waals surface area (Å²) in [4.78, 5) is 13.8. The molecule has 2 aromatic carbocycles. The van der Waals surface area contributed by atoms with Crippen LogP contribution in [0.1, 0.15) is 15.9 Å². The van der Waals surface area contributed by atoms with Crippen LogP contribution in [-0.2, 0) is 0 Å². The highest BCUT2D eigenvalue weighted by molar-refractivity contribution is 9.10. The Balaban J connectivity index is 1.96. The van der Waals surface area contributed by atoms with Crippen molar-refractivity contribution in [2.75, 3.05) is 19.5 Å². The molecule has 0 bridgehead atoms. The summed E-state index contributed by atoms with van der Waals surface area (Å²) >= 11 is 5.09. The van der Waals surface area contributed by atoms with E-state index in [1.165, 1.54) is 0 Å². The van der Waals surface area contributed by atoms with Gasteiger partial charge >= 0.3 is 0 Å². The van der Waals surface area contributed by atoms with E-state index in [0.717, 1.165) is 4.90 Å². The van der Waals surface area contributed by atoms with Crippen molar-refractivity contribution in [2.45, 2.75) is 4.90 Å². The van der Waals surface area contributed by atoms with Gasteiger partial charge in [-0.25, -0.2) is 0 Å². The molecule has 1 aliphatic heterocycles. The van der Waals surface area contributed by atoms with Crippen LogP contribution in [0.5, 0.6) is 11.5 Å². The van der Waals surface area contributed by atoms with Crippen LogP contribution >= 0.6 is 27.7 Å². The Morgan fingerprint density at radius 2 is 1.71 bits per heavy atom. The predicted octanol–water partition coefficient (Wildman–Crippen LogP) is 4.17. The molecular weight excluding hydrogens is 352 g/mol. The van der Waals surface area contributed by atoms with Gasteiger partial charge in [0, 0.05) is 20.5 Å². The van der Waals surface area contributed by atoms with Gasteiger partial charge in [-0.05, 0) is 58.6 Å². The summed E-state index contributed by atoms with van der Waals surface area (Å²) in [5.74, 6) is 1.25. The number of hydrogen-bond acceptors (Lipinski definition) is 4. The number of carbonyl (C=O) groups excluding carboxylic acids is 1. The molecule has 21 heavy (non-hydrogen) atoms. The van der Waals surface area contributed by atoms with E-state index in [9.17, 15) is 4.79 Å². The summed E-state index contributed by atoms with van der Waals surface area (Å²) in [6.07, 6.45) is 2.01. The van der Waals surface area contributed by atoms with Crippen molar-refractivity contribution in [3.8, 4) is 11.5 Å². The van der Waals surface area contributed by atoms with Crippen LogP contribution in [0.4, 0.5) is 0 Å². The summed E-state index contributed by atoms with van der Waals surface area (Å²) in [6, 6.07) is 11.1. The second-order valence-corrected chi connectivity index (χ2v) is 6.27. The molecule has 1 aliphatic rings. The van der Waals surface area contributed by atoms with E-state index in [2.05, 4.69) is 15.9 Å². The number of carbonyl (C=O) groups is 1. The Kier molecular flexibility index (Phi) is 4.22. The van der Waals surface area contributed by atoms with E-state index in [0.29, 0.717) is 40.3 Å². The minimum Gasteiger partial charge on any atom is -0.486 e. The molecule has 108 valence electrons. The molecule has 0 unspecified atom stereocenters. The van der Waals surface area contributed by atoms with Crippen LogP contribution in [0.3, 0.4) is 0 Å². The lowest BCUT2D eigenvalue weighted by Gasteiger charge is -2.19. The van der Waals surface area contributed by atoms with Gasteiger partial charge < -0.3 is 9.47 Å². The number of benzene rings is 2. The molecule has 0 saturated carbocycles. The van der Waals surface area contributed by atoms with Gasteiger partial charge in [0.1, 0.15) is 13.2 Å². The largest absolute Gasteiger partial charge is 0.486 e. The summed E-state index contributed by atoms with van der Waals surface area (Å²) in [5.41, 5.74) is 1.24. The summed E-state index contributed by atoms with van der Waals surface area (Å²) in [7, 11) is 0. The Morgan fingerprint density at radius 1 is 1.10 bits per heavy atom. The van der Waals surface area contributed by atoms with Gasteiger partial charge in [-0.2, -0.15) is 0 Å². The van der Waals surface area contributed by atoms with Crippen molar-refractivity contribution < 1.29 is 14.3 Å². The molecule has 3 rings (SSSR count). The van der Waals surface area contributed by atoms with Crippen LogP contribution in [0.15, 0.2) is 45.8 Å². The maximum Gasteiger partial charge on any atom is 0.194 e. The highest BCUT2D eigenvalue weighted by Crippen LogP contribution is 2.36. The number of fused-ring (bicyclic) bond motifs is 1. The van der Waals surface area contributed by atoms with E-state index < -0.39 is 0 Å². The smallest absolute Gasteiger partial charge is 0.194 e. The van der Waals surface area contributed by atoms with Crippen molar-refractivity contribution in [3.05, 3.63) is 52.0 Å². The third-order valence-electron chi connectivity index (χ3n) is 3.23. The SMILES string of the molecule is CSc1ccc(C(=O)c2cc3c(cc2Br)OCCO3)cc1. The molecule has 0 N–H and O–H groups in total. The van der Waals surface area contributed by atoms with E-state index in [4.69, 9.17) is 9.47 Å². The first kappa shape index (κ1) is 14.5. The van der Waals surface area contributed by atoms with Gasteiger partial charge in [-0.15, -0.1) is 11.8 Å². The fourth-order valence-electron chi connectivity index (χ4n) is 2.14. The zero-order chi connectivity index (χ0) is 14.8. The molecule has 5 heteroatoms. The number of ether oxygens (including phenoxy) is 2. The molecule has 2 aromatic rings. The van der Waals surface area contributed by atoms with Crippen molar-refractivity contribution in [3.63, 3.8) is 0 Å². The van der Waals surface area contributed by atoms with Crippen LogP contribution < -0.4 is 9.47 Å². The monoisotopic (exact) mass is 364 g/mol. The van der Waals surface area contributed by atoms with Gasteiger partial charge in [0.2, 0.25) is 0 Å². The van der Waals surface area contributed by atoms with E-state index in [1.807, 2.05) is 30.5 Å². The quantitative estimate of drug-likeness (QED) is 0.604. The highest BCUT2D eigenvalue weighted by Gasteiger charge is 2.19. The first-order valence-electron chi connectivity index (χ1n) is 6.47. The molecule has 0 aliphatic carbocycles. The van der Waals surface area contributed by atoms with E-state index in [1.54, 1.807) is 23.9 Å². The van der Waals surface area contributed by atoms with E-state index in [-0.39, 0.29) is 5.78 Å². The van der Waals surface area contributed by atoms with Crippen LogP contribution in [0.25, 0.3) is 0 Å². The van der Waals surface area contributed by atoms with Gasteiger partial charge in [0.05, 0.1) is 0 Å². The predicted molar refractivity (Wildman–Crippen MR) is 86.8 cm³/mol. The summed E-state index contributed by atoms with van der Waals surface area (Å²) in [6.45, 7) is 1.04. The Labute approximate surface area is 135 Å². The standard InChI is InChI=1S/C16H13BrO3S/c1-21-11-4-2-10(3-5-11)16(18)12-8-14-15(9-13(12)17)20-7-6-19-14/h2-5,8-9H,6-7H2,1H3. The number of hydrogen-bond donors (Lipinski definition) is 0. The normalized spacial score (nSPS) is 13.0. The minimum atomic E-state index is -0.0356. The maximum atomic E-state index is 12.6. The Morgan fingerprint density at radius 3 is 2.33 bits per heavy atom. The third-order valence-corrected chi connectivity index (χ3v) is 4.63. The fourth-order valence-corrected chi connectivity index (χ4v) is 3.05. The topological polar surface area (TPSA) is 35.5 Å². The molecule has 0 saturated heterocycles. The lowest BCUT2D eigenvalue weighted by molar-refractivity contribution is 0.103. The van der Waals surface area contributed by atoms with Gasteiger partial charge in [-0.1, -0.05) is 0 Å². The zero-order valence-electron chi connectivity index (χ0n) is 11.4. The van der Waals surface area contributed by atoms with Crippen molar-refractivity contribution in [2.24, 2.45) is 0 Å². The third kappa shape index (κ3) is 2.94. The maximum absolute atomic E-state index is 12.6. The summed E-state index contributed by atoms with van der Waals surface area (Å²) < 4.78 is 11.8. The second kappa shape index (κ2) is 6.12. The zero-order valence-corrected chi connectivity index (χ0v) is 13.8. The van der Waals surface area contributed by atoms with Gasteiger partial charge in [0.25, 0.3) is 0 Å². The number of halogens is 1. The average Bonchev–Trinajstić information content (AvgIpc) is 2.53. The highest BCUT2D eigenvalue weighted by atomic mass is 79.9. The van der Waals surface area contributed by atoms with Crippen LogP contribution in [-0.4, -0.2) is 25.3 Å². The van der Waals surface area contributed by atoms with Crippen molar-refractivity contribution in [1.29, 1.82) is 0 Å². The molecule has 1 heterocycles. The Bertz CT molecular complexity index is 683. The number of thioether (sulfide) groups is 1. The van der Waals surface area contributed by atoms with Crippen molar-refractivity contribution in [1.82, 2.24) is 0 Å². The molecule has 0 fully saturated rings. The molecule has 0 spiro atoms. The van der Waals surface area contributed by atoms with Crippen molar-refractivity contribution >= 4 is 33.5 Å². The van der Waals surface area contributed by atoms with Gasteiger partial charge in [-0.3, -0.25) is 4.79 Å². The molecule has 0 aromatic heterocycles. The minimum absolute atomic E-state index is 0.0356. The molecule has 3 nitrogen and oxygen atoms in total. The summed E-state index contributed by atoms with van der Waals surface area (Å²) in [5, 5.41) is 0. The number of ketones is 1. The first-order valence-corrected chi connectivity index (χ1v) is 8.48. The van der Waals surface area contributed by atoms with Gasteiger partial charge in [0.15, 0.2) is 17.3 Å². The lowest BCUT2D eigenvalue weighted by Crippen LogP contribution is -2.16.